The summed E-state index contributed by atoms with van der Waals surface area (Å²) >= 11 is 0. The molecule has 0 aliphatic carbocycles. The molecule has 0 N–H and O–H groups in total. The molecule has 1 aromatic rings. The van der Waals surface area contributed by atoms with Crippen molar-refractivity contribution in [1.82, 2.24) is 14.7 Å². The molecule has 4 rings (SSSR count). The molecule has 0 saturated carbocycles. The number of hydrogen-bond donors (Lipinski definition) is 0. The number of benzene rings is 1. The van der Waals surface area contributed by atoms with Crippen molar-refractivity contribution in [3.63, 3.8) is 0 Å². The van der Waals surface area contributed by atoms with Crippen LogP contribution in [0.25, 0.3) is 0 Å². The van der Waals surface area contributed by atoms with Crippen molar-refractivity contribution in [2.24, 2.45) is 0 Å². The van der Waals surface area contributed by atoms with Crippen LogP contribution in [0.2, 0.25) is 25.7 Å². The van der Waals surface area contributed by atoms with Crippen molar-refractivity contribution in [2.75, 3.05) is 26.4 Å². The molecular formula is C25H35N3O7Si. The highest BCUT2D eigenvalue weighted by molar-refractivity contribution is 6.76. The van der Waals surface area contributed by atoms with Crippen LogP contribution in [0.15, 0.2) is 18.2 Å². The average Bonchev–Trinajstić information content (AvgIpc) is 3.17. The van der Waals surface area contributed by atoms with E-state index in [1.807, 2.05) is 0 Å². The second kappa shape index (κ2) is 11.0. The summed E-state index contributed by atoms with van der Waals surface area (Å²) in [6.45, 7) is 8.60. The van der Waals surface area contributed by atoms with Crippen LogP contribution in [0.5, 0.6) is 5.75 Å². The SMILES string of the molecule is C[Si](C)(C)CCOCN1C(=O)CCC(N2Cc3cc(OOC(=O)N4CCCCC4)ccc3C2=O)C1=O. The maximum Gasteiger partial charge on any atom is 0.452 e. The molecule has 10 nitrogen and oxygen atoms in total. The predicted octanol–water partition coefficient (Wildman–Crippen LogP) is 3.39. The number of piperidine rings is 2. The van der Waals surface area contributed by atoms with Gasteiger partial charge in [-0.3, -0.25) is 24.2 Å². The summed E-state index contributed by atoms with van der Waals surface area (Å²) in [6.07, 6.45) is 2.91. The molecule has 3 aliphatic heterocycles. The lowest BCUT2D eigenvalue weighted by Gasteiger charge is -2.35. The molecule has 2 fully saturated rings. The zero-order chi connectivity index (χ0) is 25.9. The summed E-state index contributed by atoms with van der Waals surface area (Å²) in [4.78, 5) is 65.3. The molecule has 196 valence electrons. The zero-order valence-electron chi connectivity index (χ0n) is 21.3. The van der Waals surface area contributed by atoms with Crippen LogP contribution in [0.1, 0.15) is 48.0 Å². The van der Waals surface area contributed by atoms with Gasteiger partial charge in [0.15, 0.2) is 5.75 Å². The van der Waals surface area contributed by atoms with E-state index in [0.717, 1.165) is 30.2 Å². The van der Waals surface area contributed by atoms with Gasteiger partial charge in [0.1, 0.15) is 12.8 Å². The number of rotatable bonds is 8. The first-order valence-corrected chi connectivity index (χ1v) is 16.3. The van der Waals surface area contributed by atoms with Crippen molar-refractivity contribution >= 4 is 31.9 Å². The van der Waals surface area contributed by atoms with Crippen molar-refractivity contribution in [2.45, 2.75) is 70.4 Å². The summed E-state index contributed by atoms with van der Waals surface area (Å²) in [5, 5.41) is 0. The van der Waals surface area contributed by atoms with E-state index in [0.29, 0.717) is 36.6 Å². The average molecular weight is 518 g/mol. The number of carbonyl (C=O) groups excluding carboxylic acids is 4. The molecule has 3 aliphatic rings. The van der Waals surface area contributed by atoms with Gasteiger partial charge in [0.05, 0.1) is 0 Å². The Balaban J connectivity index is 1.35. The minimum absolute atomic E-state index is 0.0893. The molecule has 36 heavy (non-hydrogen) atoms. The molecule has 0 aromatic heterocycles. The lowest BCUT2D eigenvalue weighted by molar-refractivity contribution is -0.158. The van der Waals surface area contributed by atoms with Crippen LogP contribution >= 0.6 is 0 Å². The Morgan fingerprint density at radius 1 is 1.08 bits per heavy atom. The fraction of sp³-hybridized carbons (Fsp3) is 0.600. The molecule has 0 spiro atoms. The number of imide groups is 1. The van der Waals surface area contributed by atoms with E-state index in [1.54, 1.807) is 23.1 Å². The summed E-state index contributed by atoms with van der Waals surface area (Å²) in [6, 6.07) is 5.02. The molecule has 11 heteroatoms. The number of carbonyl (C=O) groups is 4. The zero-order valence-corrected chi connectivity index (χ0v) is 22.3. The van der Waals surface area contributed by atoms with Gasteiger partial charge < -0.3 is 14.5 Å². The number of ether oxygens (including phenoxy) is 1. The van der Waals surface area contributed by atoms with Crippen LogP contribution < -0.4 is 4.89 Å². The van der Waals surface area contributed by atoms with Crippen molar-refractivity contribution in [1.29, 1.82) is 0 Å². The molecule has 4 amide bonds. The molecule has 2 saturated heterocycles. The molecule has 1 unspecified atom stereocenters. The number of nitrogens with zero attached hydrogens (tertiary/aromatic N) is 3. The largest absolute Gasteiger partial charge is 0.452 e. The second-order valence-electron chi connectivity index (χ2n) is 10.8. The van der Waals surface area contributed by atoms with Gasteiger partial charge in [0, 0.05) is 46.3 Å². The third-order valence-electron chi connectivity index (χ3n) is 6.81. The summed E-state index contributed by atoms with van der Waals surface area (Å²) in [7, 11) is -1.29. The molecule has 1 aromatic carbocycles. The maximum absolute atomic E-state index is 13.2. The summed E-state index contributed by atoms with van der Waals surface area (Å²) in [5.41, 5.74) is 1.14. The Hall–Kier alpha value is -2.92. The Morgan fingerprint density at radius 3 is 2.56 bits per heavy atom. The standard InChI is InChI=1S/C25H35N3O7Si/c1-36(2,3)14-13-33-17-28-22(29)10-9-21(24(28)31)27-16-18-15-19(7-8-20(18)23(27)30)34-35-25(32)26-11-5-4-6-12-26/h7-8,15,21H,4-6,9-14,16-17H2,1-3H3. The first-order valence-electron chi connectivity index (χ1n) is 12.6. The molecule has 0 radical (unpaired) electrons. The van der Waals surface area contributed by atoms with Crippen molar-refractivity contribution in [3.05, 3.63) is 29.3 Å². The van der Waals surface area contributed by atoms with E-state index in [4.69, 9.17) is 14.5 Å². The fourth-order valence-corrected chi connectivity index (χ4v) is 5.37. The van der Waals surface area contributed by atoms with Crippen molar-refractivity contribution < 1.29 is 33.7 Å². The van der Waals surface area contributed by atoms with Gasteiger partial charge in [-0.05, 0) is 55.5 Å². The third-order valence-corrected chi connectivity index (χ3v) is 8.51. The molecule has 0 bridgehead atoms. The van der Waals surface area contributed by atoms with E-state index in [9.17, 15) is 19.2 Å². The Labute approximate surface area is 212 Å². The minimum atomic E-state index is -1.29. The number of likely N-dealkylation sites (tertiary alicyclic amines) is 2. The molecule has 3 heterocycles. The molecule has 1 atom stereocenters. The lowest BCUT2D eigenvalue weighted by atomic mass is 10.0. The first kappa shape index (κ1) is 26.1. The van der Waals surface area contributed by atoms with E-state index in [-0.39, 0.29) is 37.9 Å². The highest BCUT2D eigenvalue weighted by Gasteiger charge is 2.42. The van der Waals surface area contributed by atoms with Gasteiger partial charge in [-0.25, -0.2) is 9.68 Å². The number of amides is 4. The Bertz CT molecular complexity index is 1020. The second-order valence-corrected chi connectivity index (χ2v) is 16.4. The van der Waals surface area contributed by atoms with Gasteiger partial charge in [-0.1, -0.05) is 19.6 Å². The topological polar surface area (TPSA) is 106 Å². The Kier molecular flexibility index (Phi) is 7.99. The van der Waals surface area contributed by atoms with E-state index in [2.05, 4.69) is 19.6 Å². The summed E-state index contributed by atoms with van der Waals surface area (Å²) < 4.78 is 5.65. The number of hydrogen-bond acceptors (Lipinski definition) is 7. The van der Waals surface area contributed by atoms with E-state index in [1.165, 1.54) is 4.90 Å². The van der Waals surface area contributed by atoms with Gasteiger partial charge in [0.2, 0.25) is 5.91 Å². The van der Waals surface area contributed by atoms with Crippen LogP contribution in [0.4, 0.5) is 4.79 Å². The predicted molar refractivity (Wildman–Crippen MR) is 133 cm³/mol. The number of fused-ring (bicyclic) bond motifs is 1. The normalized spacial score (nSPS) is 20.6. The summed E-state index contributed by atoms with van der Waals surface area (Å²) in [5.74, 6) is -0.655. The van der Waals surface area contributed by atoms with Crippen LogP contribution in [-0.4, -0.2) is 79.1 Å². The quantitative estimate of drug-likeness (QED) is 0.171. The maximum atomic E-state index is 13.2. The van der Waals surface area contributed by atoms with Crippen LogP contribution in [-0.2, 0) is 25.8 Å². The highest BCUT2D eigenvalue weighted by Crippen LogP contribution is 2.31. The Morgan fingerprint density at radius 2 is 1.83 bits per heavy atom. The van der Waals surface area contributed by atoms with Crippen LogP contribution in [0, 0.1) is 0 Å². The highest BCUT2D eigenvalue weighted by atomic mass is 28.3. The minimum Gasteiger partial charge on any atom is -0.361 e. The van der Waals surface area contributed by atoms with E-state index >= 15 is 0 Å². The van der Waals surface area contributed by atoms with Crippen LogP contribution in [0.3, 0.4) is 0 Å². The fourth-order valence-electron chi connectivity index (χ4n) is 4.62. The lowest BCUT2D eigenvalue weighted by Crippen LogP contribution is -2.55. The third kappa shape index (κ3) is 6.07. The van der Waals surface area contributed by atoms with Gasteiger partial charge in [0.25, 0.3) is 11.8 Å². The first-order chi connectivity index (χ1) is 17.1. The molecular weight excluding hydrogens is 482 g/mol. The van der Waals surface area contributed by atoms with Gasteiger partial charge in [-0.15, -0.1) is 0 Å². The van der Waals surface area contributed by atoms with Gasteiger partial charge >= 0.3 is 6.09 Å². The van der Waals surface area contributed by atoms with Crippen molar-refractivity contribution in [3.8, 4) is 5.75 Å². The van der Waals surface area contributed by atoms with Gasteiger partial charge in [-0.2, -0.15) is 0 Å². The van der Waals surface area contributed by atoms with E-state index < -0.39 is 26.1 Å². The monoisotopic (exact) mass is 517 g/mol. The smallest absolute Gasteiger partial charge is 0.361 e.